The van der Waals surface area contributed by atoms with Gasteiger partial charge in [0.1, 0.15) is 23.3 Å². The van der Waals surface area contributed by atoms with Gasteiger partial charge < -0.3 is 25.3 Å². The van der Waals surface area contributed by atoms with E-state index in [1.165, 1.54) is 17.0 Å². The molecule has 1 aliphatic heterocycles. The van der Waals surface area contributed by atoms with Crippen LogP contribution >= 0.6 is 0 Å². The Hall–Kier alpha value is -3.56. The van der Waals surface area contributed by atoms with E-state index >= 15 is 0 Å². The van der Waals surface area contributed by atoms with Gasteiger partial charge in [-0.2, -0.15) is 0 Å². The molecule has 1 saturated heterocycles. The Bertz CT molecular complexity index is 1000. The van der Waals surface area contributed by atoms with Crippen molar-refractivity contribution in [1.29, 1.82) is 0 Å². The zero-order valence-corrected chi connectivity index (χ0v) is 20.5. The van der Waals surface area contributed by atoms with Crippen molar-refractivity contribution in [2.75, 3.05) is 18.9 Å². The van der Waals surface area contributed by atoms with Crippen molar-refractivity contribution in [3.8, 4) is 0 Å². The minimum atomic E-state index is -1.22. The van der Waals surface area contributed by atoms with Gasteiger partial charge in [0.25, 0.3) is 0 Å². The lowest BCUT2D eigenvalue weighted by Crippen LogP contribution is -2.53. The Morgan fingerprint density at radius 2 is 1.89 bits per heavy atom. The molecule has 1 saturated carbocycles. The number of rotatable bonds is 7. The molecule has 0 radical (unpaired) electrons. The van der Waals surface area contributed by atoms with Gasteiger partial charge in [-0.05, 0) is 58.4 Å². The molecule has 2 amide bonds. The smallest absolute Gasteiger partial charge is 0.411 e. The van der Waals surface area contributed by atoms with Crippen LogP contribution in [-0.2, 0) is 23.8 Å². The summed E-state index contributed by atoms with van der Waals surface area (Å²) in [5.41, 5.74) is 4.45. The lowest BCUT2D eigenvalue weighted by molar-refractivity contribution is -0.149. The maximum Gasteiger partial charge on any atom is 0.411 e. The Balaban J connectivity index is 1.78. The number of amides is 2. The molecular formula is C25H33N3O7. The van der Waals surface area contributed by atoms with E-state index in [1.807, 2.05) is 0 Å². The van der Waals surface area contributed by atoms with Crippen molar-refractivity contribution < 1.29 is 33.4 Å². The molecule has 0 spiro atoms. The van der Waals surface area contributed by atoms with E-state index in [2.05, 4.69) is 11.9 Å². The molecule has 3 N–H and O–H groups in total. The fourth-order valence-corrected chi connectivity index (χ4v) is 4.06. The van der Waals surface area contributed by atoms with Crippen LogP contribution in [0.5, 0.6) is 0 Å². The molecule has 3 rings (SSSR count). The number of nitrogens with one attached hydrogen (secondary N) is 1. The number of hydrogen-bond donors (Lipinski definition) is 2. The van der Waals surface area contributed by atoms with E-state index in [4.69, 9.17) is 19.9 Å². The Labute approximate surface area is 204 Å². The number of esters is 2. The first-order chi connectivity index (χ1) is 16.4. The highest BCUT2D eigenvalue weighted by Crippen LogP contribution is 2.45. The highest BCUT2D eigenvalue weighted by atomic mass is 16.6. The maximum absolute atomic E-state index is 13.3. The van der Waals surface area contributed by atoms with Crippen molar-refractivity contribution in [3.05, 3.63) is 42.5 Å². The molecular weight excluding hydrogens is 454 g/mol. The van der Waals surface area contributed by atoms with Crippen LogP contribution in [0.3, 0.4) is 0 Å². The second-order valence-corrected chi connectivity index (χ2v) is 9.76. The zero-order chi connectivity index (χ0) is 26.0. The van der Waals surface area contributed by atoms with E-state index in [9.17, 15) is 19.2 Å². The Morgan fingerprint density at radius 1 is 1.23 bits per heavy atom. The number of anilines is 1. The minimum absolute atomic E-state index is 0.0367. The average molecular weight is 488 g/mol. The van der Waals surface area contributed by atoms with Gasteiger partial charge in [-0.3, -0.25) is 9.69 Å². The number of nitrogens with zero attached hydrogens (tertiary/aromatic N) is 1. The first kappa shape index (κ1) is 26.1. The fourth-order valence-electron chi connectivity index (χ4n) is 4.06. The quantitative estimate of drug-likeness (QED) is 0.259. The molecule has 2 aliphatic rings. The van der Waals surface area contributed by atoms with Crippen LogP contribution in [0.25, 0.3) is 0 Å². The standard InChI is InChI=1S/C25H33N3O7/c1-6-16-13-25(16,22(31)33-7-2)27-20(29)19-12-18(14-28(19)23(32)35-24(3,4)5)34-21(30)15-8-10-17(26)11-9-15/h6,8-11,16,18-19H,1,7,12-14,26H2,2-5H3,(H,27,29)/t16-,18+,19+,25-/m1/s1. The summed E-state index contributed by atoms with van der Waals surface area (Å²) in [4.78, 5) is 52.7. The first-order valence-electron chi connectivity index (χ1n) is 11.6. The number of hydrogen-bond acceptors (Lipinski definition) is 8. The van der Waals surface area contributed by atoms with Gasteiger partial charge in [-0.15, -0.1) is 6.58 Å². The van der Waals surface area contributed by atoms with Gasteiger partial charge in [0.15, 0.2) is 0 Å². The normalized spacial score (nSPS) is 25.4. The lowest BCUT2D eigenvalue weighted by atomic mass is 10.1. The van der Waals surface area contributed by atoms with Gasteiger partial charge in [0, 0.05) is 18.0 Å². The van der Waals surface area contributed by atoms with Gasteiger partial charge in [0.05, 0.1) is 18.7 Å². The summed E-state index contributed by atoms with van der Waals surface area (Å²) in [7, 11) is 0. The third kappa shape index (κ3) is 5.93. The Morgan fingerprint density at radius 3 is 2.43 bits per heavy atom. The minimum Gasteiger partial charge on any atom is -0.464 e. The first-order valence-corrected chi connectivity index (χ1v) is 11.6. The number of carbonyl (C=O) groups excluding carboxylic acids is 4. The summed E-state index contributed by atoms with van der Waals surface area (Å²) in [6.07, 6.45) is 0.523. The molecule has 0 aromatic heterocycles. The van der Waals surface area contributed by atoms with Crippen molar-refractivity contribution in [3.63, 3.8) is 0 Å². The molecule has 4 atom stereocenters. The summed E-state index contributed by atoms with van der Waals surface area (Å²) in [5, 5.41) is 2.77. The van der Waals surface area contributed by atoms with E-state index < -0.39 is 47.2 Å². The van der Waals surface area contributed by atoms with E-state index in [1.54, 1.807) is 45.9 Å². The number of ether oxygens (including phenoxy) is 3. The summed E-state index contributed by atoms with van der Waals surface area (Å²) in [5.74, 6) is -1.98. The van der Waals surface area contributed by atoms with Crippen molar-refractivity contribution >= 4 is 29.6 Å². The Kier molecular flexibility index (Phi) is 7.42. The van der Waals surface area contributed by atoms with Crippen LogP contribution in [0.2, 0.25) is 0 Å². The van der Waals surface area contributed by atoms with Crippen LogP contribution in [0, 0.1) is 5.92 Å². The maximum atomic E-state index is 13.3. The summed E-state index contributed by atoms with van der Waals surface area (Å²) >= 11 is 0. The summed E-state index contributed by atoms with van der Waals surface area (Å²) in [6, 6.07) is 5.22. The molecule has 1 aliphatic carbocycles. The van der Waals surface area contributed by atoms with Gasteiger partial charge in [-0.1, -0.05) is 6.08 Å². The van der Waals surface area contributed by atoms with Crippen LogP contribution in [0.15, 0.2) is 36.9 Å². The largest absolute Gasteiger partial charge is 0.464 e. The molecule has 1 heterocycles. The van der Waals surface area contributed by atoms with Crippen LogP contribution in [-0.4, -0.2) is 65.3 Å². The summed E-state index contributed by atoms with van der Waals surface area (Å²) < 4.78 is 16.2. The third-order valence-corrected chi connectivity index (χ3v) is 5.90. The molecule has 1 aromatic rings. The molecule has 0 bridgehead atoms. The molecule has 1 aromatic carbocycles. The number of nitrogen functional groups attached to an aromatic ring is 1. The van der Waals surface area contributed by atoms with Crippen LogP contribution in [0.4, 0.5) is 10.5 Å². The zero-order valence-electron chi connectivity index (χ0n) is 20.5. The van der Waals surface area contributed by atoms with Crippen molar-refractivity contribution in [2.45, 2.75) is 63.8 Å². The van der Waals surface area contributed by atoms with Gasteiger partial charge in [-0.25, -0.2) is 14.4 Å². The van der Waals surface area contributed by atoms with Gasteiger partial charge in [0.2, 0.25) is 5.91 Å². The third-order valence-electron chi connectivity index (χ3n) is 5.90. The fraction of sp³-hybridized carbons (Fsp3) is 0.520. The number of benzene rings is 1. The van der Waals surface area contributed by atoms with E-state index in [0.717, 1.165) is 0 Å². The van der Waals surface area contributed by atoms with Crippen molar-refractivity contribution in [1.82, 2.24) is 10.2 Å². The predicted molar refractivity (Wildman–Crippen MR) is 127 cm³/mol. The highest BCUT2D eigenvalue weighted by Gasteiger charge is 2.62. The number of carbonyl (C=O) groups is 4. The SMILES string of the molecule is C=C[C@@H]1C[C@]1(NC(=O)[C@@H]1C[C@H](OC(=O)c2ccc(N)cc2)CN1C(=O)OC(C)(C)C)C(=O)OCC. The van der Waals surface area contributed by atoms with E-state index in [-0.39, 0.29) is 25.5 Å². The number of nitrogens with two attached hydrogens (primary N) is 1. The molecule has 10 heteroatoms. The lowest BCUT2D eigenvalue weighted by Gasteiger charge is -2.28. The topological polar surface area (TPSA) is 137 Å². The number of likely N-dealkylation sites (tertiary alicyclic amines) is 1. The van der Waals surface area contributed by atoms with Crippen molar-refractivity contribution in [2.24, 2.45) is 5.92 Å². The summed E-state index contributed by atoms with van der Waals surface area (Å²) in [6.45, 7) is 10.7. The second-order valence-electron chi connectivity index (χ2n) is 9.76. The molecule has 0 unspecified atom stereocenters. The molecule has 190 valence electrons. The monoisotopic (exact) mass is 487 g/mol. The highest BCUT2D eigenvalue weighted by molar-refractivity contribution is 5.95. The van der Waals surface area contributed by atoms with Gasteiger partial charge >= 0.3 is 18.0 Å². The molecule has 10 nitrogen and oxygen atoms in total. The average Bonchev–Trinajstić information content (AvgIpc) is 3.32. The van der Waals surface area contributed by atoms with E-state index in [0.29, 0.717) is 17.7 Å². The second kappa shape index (κ2) is 9.97. The molecule has 2 fully saturated rings. The molecule has 35 heavy (non-hydrogen) atoms. The van der Waals surface area contributed by atoms with Crippen LogP contribution < -0.4 is 11.1 Å². The van der Waals surface area contributed by atoms with Crippen LogP contribution in [0.1, 0.15) is 50.9 Å². The predicted octanol–water partition coefficient (Wildman–Crippen LogP) is 2.43.